The van der Waals surface area contributed by atoms with Crippen LogP contribution in [-0.2, 0) is 13.5 Å². The molecule has 1 aliphatic rings. The molecule has 0 spiro atoms. The number of imidazole rings is 1. The number of carbonyl (C=O) groups is 1. The van der Waals surface area contributed by atoms with Crippen molar-refractivity contribution in [1.29, 1.82) is 0 Å². The third kappa shape index (κ3) is 6.90. The van der Waals surface area contributed by atoms with Crippen molar-refractivity contribution in [3.63, 3.8) is 0 Å². The predicted molar refractivity (Wildman–Crippen MR) is 135 cm³/mol. The Hall–Kier alpha value is -3.23. The Bertz CT molecular complexity index is 1120. The molecule has 3 atom stereocenters. The smallest absolute Gasteiger partial charge is 0.319 e. The van der Waals surface area contributed by atoms with Crippen LogP contribution in [0.3, 0.4) is 0 Å². The van der Waals surface area contributed by atoms with E-state index in [1.807, 2.05) is 61.1 Å². The average molecular weight is 480 g/mol. The Morgan fingerprint density at radius 3 is 2.80 bits per heavy atom. The number of benzene rings is 2. The zero-order valence-electron chi connectivity index (χ0n) is 20.3. The number of urea groups is 1. The second kappa shape index (κ2) is 11.5. The fourth-order valence-electron chi connectivity index (χ4n) is 4.78. The fourth-order valence-corrected chi connectivity index (χ4v) is 4.78. The van der Waals surface area contributed by atoms with Crippen molar-refractivity contribution in [1.82, 2.24) is 19.8 Å². The van der Waals surface area contributed by atoms with Crippen LogP contribution in [0.15, 0.2) is 60.9 Å². The van der Waals surface area contributed by atoms with Crippen molar-refractivity contribution in [2.45, 2.75) is 44.9 Å². The van der Waals surface area contributed by atoms with Crippen molar-refractivity contribution >= 4 is 11.7 Å². The molecule has 7 nitrogen and oxygen atoms in total. The summed E-state index contributed by atoms with van der Waals surface area (Å²) in [7, 11) is 1.93. The van der Waals surface area contributed by atoms with Crippen LogP contribution >= 0.6 is 0 Å². The van der Waals surface area contributed by atoms with Gasteiger partial charge in [0.05, 0.1) is 0 Å². The molecular formula is C27H34FN5O2. The molecule has 3 aromatic rings. The molecule has 1 aromatic heterocycles. The lowest BCUT2D eigenvalue weighted by Gasteiger charge is -2.37. The molecular weight excluding hydrogens is 445 g/mol. The summed E-state index contributed by atoms with van der Waals surface area (Å²) in [5, 5.41) is 16.6. The summed E-state index contributed by atoms with van der Waals surface area (Å²) in [6, 6.07) is 13.7. The van der Waals surface area contributed by atoms with Gasteiger partial charge in [-0.1, -0.05) is 24.3 Å². The van der Waals surface area contributed by atoms with E-state index in [1.54, 1.807) is 6.20 Å². The Morgan fingerprint density at radius 1 is 1.26 bits per heavy atom. The molecule has 1 fully saturated rings. The Morgan fingerprint density at radius 2 is 2.06 bits per heavy atom. The van der Waals surface area contributed by atoms with Gasteiger partial charge in [-0.15, -0.1) is 0 Å². The number of anilines is 1. The van der Waals surface area contributed by atoms with Crippen LogP contribution in [0, 0.1) is 11.7 Å². The number of carbonyl (C=O) groups excluding carboxylic acids is 1. The molecule has 8 heteroatoms. The number of rotatable bonds is 8. The number of likely N-dealkylation sites (tertiary alicyclic amines) is 1. The van der Waals surface area contributed by atoms with Crippen LogP contribution in [0.2, 0.25) is 0 Å². The van der Waals surface area contributed by atoms with Crippen LogP contribution in [0.5, 0.6) is 0 Å². The van der Waals surface area contributed by atoms with Gasteiger partial charge in [0.1, 0.15) is 17.9 Å². The van der Waals surface area contributed by atoms with Gasteiger partial charge in [-0.05, 0) is 61.9 Å². The van der Waals surface area contributed by atoms with E-state index in [4.69, 9.17) is 0 Å². The lowest BCUT2D eigenvalue weighted by Crippen LogP contribution is -2.47. The molecule has 0 unspecified atom stereocenters. The van der Waals surface area contributed by atoms with Gasteiger partial charge in [0.15, 0.2) is 0 Å². The largest absolute Gasteiger partial charge is 0.378 e. The average Bonchev–Trinajstić information content (AvgIpc) is 3.26. The van der Waals surface area contributed by atoms with Gasteiger partial charge in [0, 0.05) is 56.2 Å². The first-order valence-electron chi connectivity index (χ1n) is 12.2. The van der Waals surface area contributed by atoms with Crippen molar-refractivity contribution in [3.8, 4) is 11.4 Å². The molecule has 2 aromatic carbocycles. The summed E-state index contributed by atoms with van der Waals surface area (Å²) in [5.74, 6) is 1.02. The van der Waals surface area contributed by atoms with Crippen molar-refractivity contribution < 1.29 is 14.3 Å². The molecule has 0 saturated carbocycles. The number of hydrogen-bond donors (Lipinski definition) is 3. The third-order valence-electron chi connectivity index (χ3n) is 6.55. The number of aryl methyl sites for hydroxylation is 1. The second-order valence-electron chi connectivity index (χ2n) is 9.49. The predicted octanol–water partition coefficient (Wildman–Crippen LogP) is 4.40. The van der Waals surface area contributed by atoms with Gasteiger partial charge in [-0.25, -0.2) is 14.2 Å². The zero-order chi connectivity index (χ0) is 24.8. The first kappa shape index (κ1) is 24.9. The highest BCUT2D eigenvalue weighted by Gasteiger charge is 2.26. The zero-order valence-corrected chi connectivity index (χ0v) is 20.3. The second-order valence-corrected chi connectivity index (χ2v) is 9.49. The van der Waals surface area contributed by atoms with Crippen LogP contribution in [-0.4, -0.2) is 50.9 Å². The molecule has 2 amide bonds. The molecule has 186 valence electrons. The number of aliphatic hydroxyl groups is 1. The number of aliphatic hydroxyl groups excluding tert-OH is 1. The lowest BCUT2D eigenvalue weighted by molar-refractivity contribution is -0.0306. The number of hydrogen-bond acceptors (Lipinski definition) is 4. The normalized spacial score (nSPS) is 18.1. The quantitative estimate of drug-likeness (QED) is 0.447. The Balaban J connectivity index is 1.25. The minimum absolute atomic E-state index is 0.208. The number of amides is 2. The summed E-state index contributed by atoms with van der Waals surface area (Å²) in [6.07, 6.45) is 6.39. The van der Waals surface area contributed by atoms with E-state index in [-0.39, 0.29) is 17.9 Å². The number of aromatic nitrogens is 2. The van der Waals surface area contributed by atoms with Crippen LogP contribution in [0.25, 0.3) is 11.4 Å². The molecule has 0 bridgehead atoms. The lowest BCUT2D eigenvalue weighted by atomic mass is 9.91. The van der Waals surface area contributed by atoms with Gasteiger partial charge in [0.2, 0.25) is 0 Å². The first-order chi connectivity index (χ1) is 16.9. The number of nitrogens with one attached hydrogen (secondary N) is 2. The monoisotopic (exact) mass is 479 g/mol. The van der Waals surface area contributed by atoms with E-state index < -0.39 is 6.23 Å². The summed E-state index contributed by atoms with van der Waals surface area (Å²) in [5.41, 5.74) is 2.71. The van der Waals surface area contributed by atoms with E-state index in [9.17, 15) is 14.3 Å². The van der Waals surface area contributed by atoms with Crippen molar-refractivity contribution in [2.75, 3.05) is 18.4 Å². The van der Waals surface area contributed by atoms with Crippen molar-refractivity contribution in [2.24, 2.45) is 13.0 Å². The standard InChI is InChI=1S/C27H34FN5O2/c1-19(30-27(35)31-24-7-3-6-22(17-24)26-29-12-14-32(26)2)15-25(34)33-13-4-5-21(18-33)16-20-8-10-23(28)11-9-20/h3,6-12,14,17,19,21,25,34H,4-5,13,15-16,18H2,1-2H3,(H2,30,31,35)/t19-,21+,25-/m1/s1. The van der Waals surface area contributed by atoms with Gasteiger partial charge < -0.3 is 20.3 Å². The molecule has 1 saturated heterocycles. The maximum Gasteiger partial charge on any atom is 0.319 e. The topological polar surface area (TPSA) is 82.4 Å². The summed E-state index contributed by atoms with van der Waals surface area (Å²) in [4.78, 5) is 19.0. The molecule has 0 radical (unpaired) electrons. The van der Waals surface area contributed by atoms with Crippen LogP contribution < -0.4 is 10.6 Å². The van der Waals surface area contributed by atoms with Gasteiger partial charge in [-0.3, -0.25) is 4.90 Å². The molecule has 2 heterocycles. The summed E-state index contributed by atoms with van der Waals surface area (Å²) < 4.78 is 15.1. The Kier molecular flexibility index (Phi) is 8.15. The highest BCUT2D eigenvalue weighted by molar-refractivity contribution is 5.90. The maximum atomic E-state index is 13.2. The number of halogens is 1. The summed E-state index contributed by atoms with van der Waals surface area (Å²) in [6.45, 7) is 3.52. The fraction of sp³-hybridized carbons (Fsp3) is 0.407. The molecule has 1 aliphatic heterocycles. The summed E-state index contributed by atoms with van der Waals surface area (Å²) >= 11 is 0. The third-order valence-corrected chi connectivity index (χ3v) is 6.55. The highest BCUT2D eigenvalue weighted by Crippen LogP contribution is 2.24. The van der Waals surface area contributed by atoms with E-state index >= 15 is 0 Å². The van der Waals surface area contributed by atoms with Gasteiger partial charge in [-0.2, -0.15) is 0 Å². The van der Waals surface area contributed by atoms with Gasteiger partial charge in [0.25, 0.3) is 0 Å². The highest BCUT2D eigenvalue weighted by atomic mass is 19.1. The van der Waals surface area contributed by atoms with E-state index in [1.165, 1.54) is 12.1 Å². The minimum atomic E-state index is -0.631. The van der Waals surface area contributed by atoms with E-state index in [0.29, 0.717) is 18.0 Å². The maximum absolute atomic E-state index is 13.2. The minimum Gasteiger partial charge on any atom is -0.378 e. The van der Waals surface area contributed by atoms with Crippen LogP contribution in [0.1, 0.15) is 31.7 Å². The first-order valence-corrected chi connectivity index (χ1v) is 12.2. The molecule has 3 N–H and O–H groups in total. The molecule has 0 aliphatic carbocycles. The van der Waals surface area contributed by atoms with Gasteiger partial charge >= 0.3 is 6.03 Å². The van der Waals surface area contributed by atoms with Crippen LogP contribution in [0.4, 0.5) is 14.9 Å². The number of piperidine rings is 1. The van der Waals surface area contributed by atoms with E-state index in [0.717, 1.165) is 49.3 Å². The van der Waals surface area contributed by atoms with E-state index in [2.05, 4.69) is 20.5 Å². The Labute approximate surface area is 206 Å². The number of nitrogens with zero attached hydrogens (tertiary/aromatic N) is 3. The molecule has 35 heavy (non-hydrogen) atoms. The SMILES string of the molecule is C[C@H](C[C@@H](O)N1CCC[C@@H](Cc2ccc(F)cc2)C1)NC(=O)Nc1cccc(-c2nccn2C)c1. The van der Waals surface area contributed by atoms with Crippen molar-refractivity contribution in [3.05, 3.63) is 72.3 Å². The molecule has 4 rings (SSSR count).